The number of nitriles is 1. The van der Waals surface area contributed by atoms with Gasteiger partial charge in [0.05, 0.1) is 19.2 Å². The fraction of sp³-hybridized carbons (Fsp3) is 0.846. The number of epoxide rings is 1. The Morgan fingerprint density at radius 2 is 1.95 bits per heavy atom. The number of urea groups is 1. The quantitative estimate of drug-likeness (QED) is 0.441. The number of nitrogens with one attached hydrogen (secondary N) is 1. The number of alkyl halides is 2. The Bertz CT molecular complexity index is 487. The minimum absolute atomic E-state index is 0.0453. The van der Waals surface area contributed by atoms with Crippen LogP contribution in [-0.4, -0.2) is 65.7 Å². The second-order valence-corrected chi connectivity index (χ2v) is 6.01. The van der Waals surface area contributed by atoms with Crippen molar-refractivity contribution in [3.05, 3.63) is 0 Å². The molecule has 3 heterocycles. The molecule has 116 valence electrons. The topological polar surface area (TPSA) is 71.9 Å². The number of nitrogens with zero attached hydrogens (tertiary/aromatic N) is 3. The van der Waals surface area contributed by atoms with E-state index in [1.165, 1.54) is 4.90 Å². The van der Waals surface area contributed by atoms with E-state index >= 15 is 0 Å². The molecule has 1 spiro atoms. The van der Waals surface area contributed by atoms with Gasteiger partial charge in [0.1, 0.15) is 0 Å². The van der Waals surface area contributed by atoms with E-state index in [4.69, 9.17) is 10.00 Å². The standard InChI is InChI=1S/C13H18F2N4O2/c1-9-12(21-9)6-19(7-13(12,14)15)11(20)18-4-2-10(3-5-18)17-8-16/h9-10,17H,2-7H2,1H3. The van der Waals surface area contributed by atoms with Crippen molar-refractivity contribution in [2.24, 2.45) is 0 Å². The molecule has 0 aromatic rings. The zero-order chi connectivity index (χ0) is 15.3. The first-order chi connectivity index (χ1) is 9.89. The lowest BCUT2D eigenvalue weighted by atomic mass is 10.0. The van der Waals surface area contributed by atoms with Gasteiger partial charge in [0.25, 0.3) is 5.92 Å². The Labute approximate surface area is 121 Å². The molecule has 3 rings (SSSR count). The Hall–Kier alpha value is -1.62. The molecule has 2 atom stereocenters. The summed E-state index contributed by atoms with van der Waals surface area (Å²) in [6.07, 6.45) is 2.70. The van der Waals surface area contributed by atoms with Gasteiger partial charge in [0.15, 0.2) is 11.8 Å². The van der Waals surface area contributed by atoms with Gasteiger partial charge in [0.2, 0.25) is 0 Å². The van der Waals surface area contributed by atoms with Crippen LogP contribution in [0.1, 0.15) is 19.8 Å². The minimum Gasteiger partial charge on any atom is -0.358 e. The van der Waals surface area contributed by atoms with E-state index in [0.717, 1.165) is 0 Å². The lowest BCUT2D eigenvalue weighted by Crippen LogP contribution is -2.49. The molecule has 0 aliphatic carbocycles. The summed E-state index contributed by atoms with van der Waals surface area (Å²) < 4.78 is 33.1. The second-order valence-electron chi connectivity index (χ2n) is 6.01. The third-order valence-electron chi connectivity index (χ3n) is 4.73. The summed E-state index contributed by atoms with van der Waals surface area (Å²) in [6.45, 7) is 1.94. The monoisotopic (exact) mass is 300 g/mol. The van der Waals surface area contributed by atoms with Crippen molar-refractivity contribution in [1.29, 1.82) is 5.26 Å². The second kappa shape index (κ2) is 4.70. The average molecular weight is 300 g/mol. The molecule has 6 nitrogen and oxygen atoms in total. The smallest absolute Gasteiger partial charge is 0.320 e. The number of hydrogen-bond acceptors (Lipinski definition) is 4. The van der Waals surface area contributed by atoms with Crippen LogP contribution in [-0.2, 0) is 4.74 Å². The number of amides is 2. The molecule has 8 heteroatoms. The maximum absolute atomic E-state index is 14.0. The minimum atomic E-state index is -2.98. The van der Waals surface area contributed by atoms with E-state index < -0.39 is 24.2 Å². The first-order valence-corrected chi connectivity index (χ1v) is 7.14. The van der Waals surface area contributed by atoms with Crippen molar-refractivity contribution in [3.8, 4) is 6.19 Å². The summed E-state index contributed by atoms with van der Waals surface area (Å²) >= 11 is 0. The van der Waals surface area contributed by atoms with Crippen molar-refractivity contribution >= 4 is 6.03 Å². The van der Waals surface area contributed by atoms with Crippen LogP contribution in [0.2, 0.25) is 0 Å². The molecule has 3 aliphatic heterocycles. The molecule has 21 heavy (non-hydrogen) atoms. The molecule has 0 bridgehead atoms. The van der Waals surface area contributed by atoms with E-state index in [1.54, 1.807) is 11.8 Å². The van der Waals surface area contributed by atoms with E-state index in [1.807, 2.05) is 6.19 Å². The first kappa shape index (κ1) is 14.3. The maximum Gasteiger partial charge on any atom is 0.320 e. The molecule has 3 saturated heterocycles. The van der Waals surface area contributed by atoms with E-state index in [9.17, 15) is 13.6 Å². The number of carbonyl (C=O) groups is 1. The number of hydrogen-bond donors (Lipinski definition) is 1. The van der Waals surface area contributed by atoms with E-state index in [2.05, 4.69) is 5.32 Å². The highest BCUT2D eigenvalue weighted by Crippen LogP contribution is 2.53. The number of ether oxygens (including phenoxy) is 1. The molecule has 3 fully saturated rings. The number of rotatable bonds is 1. The van der Waals surface area contributed by atoms with Gasteiger partial charge in [0, 0.05) is 19.1 Å². The normalized spacial score (nSPS) is 34.9. The fourth-order valence-corrected chi connectivity index (χ4v) is 3.30. The largest absolute Gasteiger partial charge is 0.358 e. The third-order valence-corrected chi connectivity index (χ3v) is 4.73. The lowest BCUT2D eigenvalue weighted by Gasteiger charge is -2.33. The van der Waals surface area contributed by atoms with E-state index in [-0.39, 0.29) is 18.6 Å². The zero-order valence-corrected chi connectivity index (χ0v) is 11.8. The summed E-state index contributed by atoms with van der Waals surface area (Å²) in [5.74, 6) is -2.98. The van der Waals surface area contributed by atoms with Crippen LogP contribution < -0.4 is 5.32 Å². The van der Waals surface area contributed by atoms with Gasteiger partial charge >= 0.3 is 6.03 Å². The molecular formula is C13H18F2N4O2. The van der Waals surface area contributed by atoms with Crippen LogP contribution in [0, 0.1) is 11.5 Å². The molecule has 0 saturated carbocycles. The zero-order valence-electron chi connectivity index (χ0n) is 11.8. The van der Waals surface area contributed by atoms with Gasteiger partial charge in [-0.1, -0.05) is 0 Å². The Balaban J connectivity index is 1.59. The number of likely N-dealkylation sites (tertiary alicyclic amines) is 2. The highest BCUT2D eigenvalue weighted by Gasteiger charge is 2.75. The van der Waals surface area contributed by atoms with Crippen molar-refractivity contribution in [3.63, 3.8) is 0 Å². The Morgan fingerprint density at radius 3 is 2.43 bits per heavy atom. The summed E-state index contributed by atoms with van der Waals surface area (Å²) in [5.41, 5.74) is -1.47. The predicted octanol–water partition coefficient (Wildman–Crippen LogP) is 0.750. The average Bonchev–Trinajstić information content (AvgIpc) is 3.01. The first-order valence-electron chi connectivity index (χ1n) is 7.14. The SMILES string of the molecule is CC1OC12CN(C(=O)N1CCC(NC#N)CC1)CC2(F)F. The molecule has 2 amide bonds. The van der Waals surface area contributed by atoms with Crippen LogP contribution in [0.5, 0.6) is 0 Å². The van der Waals surface area contributed by atoms with Crippen LogP contribution in [0.4, 0.5) is 13.6 Å². The van der Waals surface area contributed by atoms with Crippen LogP contribution in [0.3, 0.4) is 0 Å². The van der Waals surface area contributed by atoms with Gasteiger partial charge in [-0.15, -0.1) is 0 Å². The lowest BCUT2D eigenvalue weighted by molar-refractivity contribution is -0.0416. The predicted molar refractivity (Wildman–Crippen MR) is 68.5 cm³/mol. The molecule has 0 radical (unpaired) electrons. The summed E-state index contributed by atoms with van der Waals surface area (Å²) in [4.78, 5) is 15.1. The number of piperidine rings is 1. The Kier molecular flexibility index (Phi) is 3.20. The van der Waals surface area contributed by atoms with Crippen molar-refractivity contribution in [1.82, 2.24) is 15.1 Å². The van der Waals surface area contributed by atoms with Crippen LogP contribution in [0.15, 0.2) is 0 Å². The van der Waals surface area contributed by atoms with Gasteiger partial charge in [-0.05, 0) is 19.8 Å². The van der Waals surface area contributed by atoms with Crippen LogP contribution in [0.25, 0.3) is 0 Å². The Morgan fingerprint density at radius 1 is 1.33 bits per heavy atom. The highest BCUT2D eigenvalue weighted by atomic mass is 19.3. The van der Waals surface area contributed by atoms with Crippen molar-refractivity contribution < 1.29 is 18.3 Å². The van der Waals surface area contributed by atoms with Gasteiger partial charge in [-0.3, -0.25) is 0 Å². The summed E-state index contributed by atoms with van der Waals surface area (Å²) in [6, 6.07) is -0.290. The van der Waals surface area contributed by atoms with Crippen molar-refractivity contribution in [2.75, 3.05) is 26.2 Å². The van der Waals surface area contributed by atoms with E-state index in [0.29, 0.717) is 25.9 Å². The molecule has 2 unspecified atom stereocenters. The number of carbonyl (C=O) groups excluding carboxylic acids is 1. The molecule has 0 aromatic heterocycles. The molecule has 1 N–H and O–H groups in total. The van der Waals surface area contributed by atoms with Gasteiger partial charge in [-0.25, -0.2) is 13.6 Å². The molecular weight excluding hydrogens is 282 g/mol. The third kappa shape index (κ3) is 2.20. The summed E-state index contributed by atoms with van der Waals surface area (Å²) in [5, 5.41) is 11.2. The highest BCUT2D eigenvalue weighted by molar-refractivity contribution is 5.75. The van der Waals surface area contributed by atoms with Crippen molar-refractivity contribution in [2.45, 2.75) is 43.4 Å². The molecule has 0 aromatic carbocycles. The fourth-order valence-electron chi connectivity index (χ4n) is 3.30. The summed E-state index contributed by atoms with van der Waals surface area (Å²) in [7, 11) is 0. The molecule has 3 aliphatic rings. The maximum atomic E-state index is 14.0. The van der Waals surface area contributed by atoms with Crippen LogP contribution >= 0.6 is 0 Å². The van der Waals surface area contributed by atoms with Gasteiger partial charge in [-0.2, -0.15) is 5.26 Å². The number of halogens is 2. The van der Waals surface area contributed by atoms with Gasteiger partial charge < -0.3 is 19.9 Å².